The predicted octanol–water partition coefficient (Wildman–Crippen LogP) is 2.31. The fourth-order valence-corrected chi connectivity index (χ4v) is 0.830. The van der Waals surface area contributed by atoms with Crippen LogP contribution in [-0.2, 0) is 0 Å². The molecule has 0 saturated heterocycles. The fourth-order valence-electron chi connectivity index (χ4n) is 0.830. The molecule has 1 N–H and O–H groups in total. The largest absolute Gasteiger partial charge is 0.435 e. The van der Waals surface area contributed by atoms with Gasteiger partial charge in [-0.1, -0.05) is 0 Å². The van der Waals surface area contributed by atoms with E-state index < -0.39 is 12.4 Å². The number of alkyl halides is 2. The number of benzene rings is 1. The number of halogens is 3. The third-order valence-electron chi connectivity index (χ3n) is 1.27. The van der Waals surface area contributed by atoms with E-state index in [0.717, 1.165) is 18.2 Å². The third kappa shape index (κ3) is 2.95. The standard InChI is InChI=1S/C8H6F3O2/c9-6-1-5(4-12)2-7(3-6)13-8(10)11/h1-4,8,12H. The van der Waals surface area contributed by atoms with E-state index in [9.17, 15) is 13.2 Å². The average Bonchev–Trinajstić information content (AvgIpc) is 2.01. The Morgan fingerprint density at radius 2 is 2.00 bits per heavy atom. The van der Waals surface area contributed by atoms with E-state index >= 15 is 0 Å². The monoisotopic (exact) mass is 191 g/mol. The van der Waals surface area contributed by atoms with Gasteiger partial charge in [-0.05, 0) is 17.7 Å². The van der Waals surface area contributed by atoms with E-state index in [1.165, 1.54) is 0 Å². The smallest absolute Gasteiger partial charge is 0.387 e. The van der Waals surface area contributed by atoms with Gasteiger partial charge in [0.1, 0.15) is 18.2 Å². The summed E-state index contributed by atoms with van der Waals surface area (Å²) in [5, 5.41) is 8.49. The summed E-state index contributed by atoms with van der Waals surface area (Å²) < 4.78 is 39.9. The van der Waals surface area contributed by atoms with Crippen molar-refractivity contribution in [2.75, 3.05) is 0 Å². The van der Waals surface area contributed by atoms with E-state index in [2.05, 4.69) is 4.74 Å². The van der Waals surface area contributed by atoms with Gasteiger partial charge in [0.2, 0.25) is 0 Å². The van der Waals surface area contributed by atoms with E-state index in [1.807, 2.05) is 0 Å². The molecule has 0 aliphatic carbocycles. The number of rotatable bonds is 3. The normalized spacial score (nSPS) is 10.5. The Kier molecular flexibility index (Phi) is 3.13. The lowest BCUT2D eigenvalue weighted by atomic mass is 10.2. The SMILES string of the molecule is O[CH]c1cc(F)cc(OC(F)F)c1. The first-order valence-corrected chi connectivity index (χ1v) is 3.34. The summed E-state index contributed by atoms with van der Waals surface area (Å²) in [4.78, 5) is 0. The van der Waals surface area contributed by atoms with Crippen LogP contribution in [0.25, 0.3) is 0 Å². The Morgan fingerprint density at radius 1 is 1.31 bits per heavy atom. The number of aliphatic hydroxyl groups is 1. The van der Waals surface area contributed by atoms with Crippen molar-refractivity contribution >= 4 is 0 Å². The van der Waals surface area contributed by atoms with Gasteiger partial charge in [-0.15, -0.1) is 0 Å². The minimum absolute atomic E-state index is 0.0654. The lowest BCUT2D eigenvalue weighted by Crippen LogP contribution is -2.02. The Hall–Kier alpha value is -1.23. The molecule has 0 aliphatic heterocycles. The van der Waals surface area contributed by atoms with Crippen molar-refractivity contribution in [1.82, 2.24) is 0 Å². The third-order valence-corrected chi connectivity index (χ3v) is 1.27. The van der Waals surface area contributed by atoms with Crippen LogP contribution in [0.1, 0.15) is 5.56 Å². The predicted molar refractivity (Wildman–Crippen MR) is 38.4 cm³/mol. The van der Waals surface area contributed by atoms with Crippen molar-refractivity contribution in [1.29, 1.82) is 0 Å². The minimum atomic E-state index is -3.01. The van der Waals surface area contributed by atoms with Crippen LogP contribution in [0.4, 0.5) is 13.2 Å². The van der Waals surface area contributed by atoms with E-state index in [0.29, 0.717) is 6.61 Å². The highest BCUT2D eigenvalue weighted by Crippen LogP contribution is 2.18. The van der Waals surface area contributed by atoms with Gasteiger partial charge in [-0.2, -0.15) is 8.78 Å². The summed E-state index contributed by atoms with van der Waals surface area (Å²) in [6.07, 6.45) is 0. The highest BCUT2D eigenvalue weighted by atomic mass is 19.3. The molecule has 1 aromatic rings. The van der Waals surface area contributed by atoms with Gasteiger partial charge in [0.15, 0.2) is 0 Å². The van der Waals surface area contributed by atoms with Crippen molar-refractivity contribution in [2.24, 2.45) is 0 Å². The molecule has 1 rings (SSSR count). The van der Waals surface area contributed by atoms with Gasteiger partial charge < -0.3 is 9.84 Å². The van der Waals surface area contributed by atoms with E-state index in [-0.39, 0.29) is 11.3 Å². The summed E-state index contributed by atoms with van der Waals surface area (Å²) >= 11 is 0. The first-order chi connectivity index (χ1) is 6.11. The second-order valence-corrected chi connectivity index (χ2v) is 2.23. The summed E-state index contributed by atoms with van der Waals surface area (Å²) in [5.41, 5.74) is 0.0654. The van der Waals surface area contributed by atoms with Crippen LogP contribution in [-0.4, -0.2) is 11.7 Å². The number of ether oxygens (including phenoxy) is 1. The molecule has 1 aromatic carbocycles. The van der Waals surface area contributed by atoms with Crippen molar-refractivity contribution in [3.05, 3.63) is 36.2 Å². The fraction of sp³-hybridized carbons (Fsp3) is 0.125. The highest BCUT2D eigenvalue weighted by molar-refractivity contribution is 5.32. The van der Waals surface area contributed by atoms with Crippen molar-refractivity contribution in [2.45, 2.75) is 6.61 Å². The zero-order chi connectivity index (χ0) is 9.84. The van der Waals surface area contributed by atoms with Crippen LogP contribution in [0.15, 0.2) is 18.2 Å². The maximum Gasteiger partial charge on any atom is 0.387 e. The van der Waals surface area contributed by atoms with Crippen LogP contribution in [0.2, 0.25) is 0 Å². The van der Waals surface area contributed by atoms with Crippen LogP contribution in [0.3, 0.4) is 0 Å². The van der Waals surface area contributed by atoms with Crippen LogP contribution in [0.5, 0.6) is 5.75 Å². The maximum atomic E-state index is 12.6. The summed E-state index contributed by atoms with van der Waals surface area (Å²) in [6, 6.07) is 2.88. The Morgan fingerprint density at radius 3 is 2.54 bits per heavy atom. The second-order valence-electron chi connectivity index (χ2n) is 2.23. The minimum Gasteiger partial charge on any atom is -0.435 e. The molecule has 71 valence electrons. The van der Waals surface area contributed by atoms with Gasteiger partial charge in [0, 0.05) is 6.07 Å². The average molecular weight is 191 g/mol. The molecule has 13 heavy (non-hydrogen) atoms. The van der Waals surface area contributed by atoms with Crippen molar-refractivity contribution in [3.63, 3.8) is 0 Å². The summed E-state index contributed by atoms with van der Waals surface area (Å²) in [6.45, 7) is -2.41. The first-order valence-electron chi connectivity index (χ1n) is 3.34. The summed E-state index contributed by atoms with van der Waals surface area (Å²) in [7, 11) is 0. The molecule has 0 heterocycles. The molecule has 2 nitrogen and oxygen atoms in total. The topological polar surface area (TPSA) is 29.5 Å². The van der Waals surface area contributed by atoms with Crippen molar-refractivity contribution < 1.29 is 23.0 Å². The second kappa shape index (κ2) is 4.13. The van der Waals surface area contributed by atoms with Gasteiger partial charge in [-0.25, -0.2) is 4.39 Å². The molecule has 0 atom stereocenters. The lowest BCUT2D eigenvalue weighted by Gasteiger charge is -2.05. The van der Waals surface area contributed by atoms with Gasteiger partial charge >= 0.3 is 6.61 Å². The number of hydrogen-bond acceptors (Lipinski definition) is 2. The first kappa shape index (κ1) is 9.85. The molecule has 0 aromatic heterocycles. The molecule has 0 spiro atoms. The maximum absolute atomic E-state index is 12.6. The zero-order valence-electron chi connectivity index (χ0n) is 6.38. The molecular formula is C8H6F3O2. The highest BCUT2D eigenvalue weighted by Gasteiger charge is 2.06. The quantitative estimate of drug-likeness (QED) is 0.794. The Bertz CT molecular complexity index is 289. The van der Waals surface area contributed by atoms with E-state index in [4.69, 9.17) is 5.11 Å². The molecule has 1 radical (unpaired) electrons. The zero-order valence-corrected chi connectivity index (χ0v) is 6.38. The molecule has 0 fully saturated rings. The van der Waals surface area contributed by atoms with Gasteiger partial charge in [0.25, 0.3) is 0 Å². The van der Waals surface area contributed by atoms with E-state index in [1.54, 1.807) is 0 Å². The van der Waals surface area contributed by atoms with Gasteiger partial charge in [-0.3, -0.25) is 0 Å². The number of hydrogen-bond donors (Lipinski definition) is 1. The molecule has 0 amide bonds. The lowest BCUT2D eigenvalue weighted by molar-refractivity contribution is -0.0500. The van der Waals surface area contributed by atoms with Gasteiger partial charge in [0.05, 0.1) is 0 Å². The molecule has 0 aliphatic rings. The Labute approximate surface area is 72.6 Å². The molecular weight excluding hydrogens is 185 g/mol. The molecule has 0 saturated carbocycles. The summed E-state index contributed by atoms with van der Waals surface area (Å²) in [5.74, 6) is -1.08. The molecule has 0 unspecified atom stereocenters. The van der Waals surface area contributed by atoms with Crippen LogP contribution < -0.4 is 4.74 Å². The van der Waals surface area contributed by atoms with Crippen LogP contribution in [0, 0.1) is 12.4 Å². The molecule has 0 bridgehead atoms. The Balaban J connectivity index is 2.88. The van der Waals surface area contributed by atoms with Crippen LogP contribution >= 0.6 is 0 Å². The number of aliphatic hydroxyl groups excluding tert-OH is 1. The molecule has 5 heteroatoms. The van der Waals surface area contributed by atoms with Crippen molar-refractivity contribution in [3.8, 4) is 5.75 Å².